The van der Waals surface area contributed by atoms with E-state index in [-0.39, 0.29) is 46.9 Å². The number of anilines is 2. The molecule has 286 valence electrons. The van der Waals surface area contributed by atoms with E-state index in [2.05, 4.69) is 51.9 Å². The van der Waals surface area contributed by atoms with Crippen molar-refractivity contribution in [1.29, 1.82) is 0 Å². The van der Waals surface area contributed by atoms with Crippen molar-refractivity contribution in [1.82, 2.24) is 39.0 Å². The highest BCUT2D eigenvalue weighted by molar-refractivity contribution is 7.69. The largest absolute Gasteiger partial charge is 0.490 e. The number of hydrogen-bond donors (Lipinski definition) is 9. The van der Waals surface area contributed by atoms with E-state index in [0.29, 0.717) is 0 Å². The summed E-state index contributed by atoms with van der Waals surface area (Å²) in [7, 11) is -23.5. The third kappa shape index (κ3) is 8.49. The first-order chi connectivity index (χ1) is 24.2. The van der Waals surface area contributed by atoms with Crippen molar-refractivity contribution in [3.05, 3.63) is 29.3 Å². The summed E-state index contributed by atoms with van der Waals surface area (Å²) in [6.45, 7) is -1.81. The quantitative estimate of drug-likeness (QED) is 0.0682. The van der Waals surface area contributed by atoms with Gasteiger partial charge in [-0.1, -0.05) is 0 Å². The van der Waals surface area contributed by atoms with Crippen LogP contribution in [0, 0.1) is 0 Å². The number of phosphoric ester groups is 2. The van der Waals surface area contributed by atoms with Crippen molar-refractivity contribution < 1.29 is 79.5 Å². The summed E-state index contributed by atoms with van der Waals surface area (Å²) in [5, 5.41) is 20.9. The molecular weight excluding hydrogens is 792 g/mol. The number of nitrogens with two attached hydrogens (primary N) is 2. The maximum absolute atomic E-state index is 12.4. The first-order valence-electron chi connectivity index (χ1n) is 14.3. The fraction of sp³-hybridized carbons (Fsp3) is 0.500. The Hall–Kier alpha value is -3.10. The number of nitrogens with one attached hydrogen (secondary N) is 1. The number of imidazole rings is 2. The second-order valence-electron chi connectivity index (χ2n) is 10.9. The minimum absolute atomic E-state index is 0.00285. The number of phosphoric acid groups is 4. The molecule has 6 heterocycles. The number of aliphatic hydroxyl groups excluding tert-OH is 2. The zero-order valence-corrected chi connectivity index (χ0v) is 29.3. The number of nitrogen functional groups attached to an aromatic ring is 2. The Morgan fingerprint density at radius 1 is 0.788 bits per heavy atom. The van der Waals surface area contributed by atoms with E-state index >= 15 is 0 Å². The average molecular weight is 820 g/mol. The molecule has 0 bridgehead atoms. The van der Waals surface area contributed by atoms with Gasteiger partial charge in [-0.3, -0.25) is 28.0 Å². The molecule has 2 aliphatic rings. The molecule has 6 rings (SSSR count). The van der Waals surface area contributed by atoms with Gasteiger partial charge in [0.1, 0.15) is 36.4 Å². The molecule has 52 heavy (non-hydrogen) atoms. The van der Waals surface area contributed by atoms with Crippen LogP contribution in [0.3, 0.4) is 0 Å². The number of aliphatic hydroxyl groups is 2. The van der Waals surface area contributed by atoms with Crippen LogP contribution < -0.4 is 17.0 Å². The maximum Gasteiger partial charge on any atom is 0.490 e. The lowest BCUT2D eigenvalue weighted by atomic mass is 10.1. The van der Waals surface area contributed by atoms with Gasteiger partial charge in [-0.15, -0.1) is 0 Å². The zero-order valence-electron chi connectivity index (χ0n) is 25.7. The Bertz CT molecular complexity index is 2230. The van der Waals surface area contributed by atoms with Crippen molar-refractivity contribution in [2.24, 2.45) is 0 Å². The lowest BCUT2D eigenvalue weighted by molar-refractivity contribution is -0.0503. The topological polar surface area (TPSA) is 413 Å². The molecule has 11 N–H and O–H groups in total. The molecule has 0 aromatic carbocycles. The highest BCUT2D eigenvalue weighted by Crippen LogP contribution is 2.71. The van der Waals surface area contributed by atoms with E-state index in [9.17, 15) is 52.8 Å². The van der Waals surface area contributed by atoms with Crippen LogP contribution in [0.4, 0.5) is 11.8 Å². The summed E-state index contributed by atoms with van der Waals surface area (Å²) in [5.41, 5.74) is 11.0. The standard InChI is InChI=1S/C20H28N10O18P4/c21-15-11-16(24-5-23-15)30(7-25-11)19-14(32)13(31)9(45-19)4-43-50(36,37)47-52(40,41)48-51(38,39)46-49(34,35)42-3-8-1-2-10(44-8)29-6-26-12-17(29)27-20(22)28-18(12)33/h5-10,13-14,19,31-32H,1-4H2,(H,34,35)(H,36,37)(H,38,39)(H,40,41)(H2,21,23,24)(H3,22,27,28,33)/t8-,9+,10+,13+,14+,19+/m0/s1. The number of aromatic amines is 1. The molecule has 0 saturated carbocycles. The molecule has 0 radical (unpaired) electrons. The van der Waals surface area contributed by atoms with Crippen LogP contribution in [0.25, 0.3) is 22.3 Å². The second kappa shape index (κ2) is 14.3. The SMILES string of the molecule is Nc1nc2c(ncn2[C@H]2CC[C@@H](COP(=O)(O)OP(=O)(O)OP(=O)(O)OP(=O)(O)OC[C@H]3O[C@@H](n4cnc5c(N)ncnc54)[C@H](O)[C@@H]3O)O2)c(=O)[nH]1. The molecule has 32 heteroatoms. The molecule has 4 aromatic rings. The van der Waals surface area contributed by atoms with Gasteiger partial charge in [-0.05, 0) is 12.8 Å². The molecule has 10 atom stereocenters. The Morgan fingerprint density at radius 3 is 2.10 bits per heavy atom. The zero-order chi connectivity index (χ0) is 37.8. The third-order valence-corrected chi connectivity index (χ3v) is 13.2. The highest BCUT2D eigenvalue weighted by Gasteiger charge is 2.48. The van der Waals surface area contributed by atoms with Crippen LogP contribution >= 0.6 is 31.3 Å². The highest BCUT2D eigenvalue weighted by atomic mass is 31.3. The lowest BCUT2D eigenvalue weighted by Gasteiger charge is -2.21. The van der Waals surface area contributed by atoms with Crippen LogP contribution in [0.2, 0.25) is 0 Å². The van der Waals surface area contributed by atoms with Crippen LogP contribution in [-0.4, -0.2) is 106 Å². The molecule has 2 saturated heterocycles. The molecule has 2 aliphatic heterocycles. The Labute approximate surface area is 287 Å². The first kappa shape index (κ1) is 38.6. The summed E-state index contributed by atoms with van der Waals surface area (Å²) in [6, 6.07) is 0. The molecule has 0 spiro atoms. The molecule has 0 amide bonds. The van der Waals surface area contributed by atoms with Gasteiger partial charge in [-0.2, -0.15) is 17.9 Å². The van der Waals surface area contributed by atoms with Gasteiger partial charge in [-0.25, -0.2) is 38.2 Å². The minimum Gasteiger partial charge on any atom is -0.387 e. The fourth-order valence-corrected chi connectivity index (χ4v) is 10.1. The second-order valence-corrected chi connectivity index (χ2v) is 17.1. The normalized spacial score (nSPS) is 28.4. The predicted molar refractivity (Wildman–Crippen MR) is 166 cm³/mol. The first-order valence-corrected chi connectivity index (χ1v) is 20.3. The number of rotatable bonds is 14. The Kier molecular flexibility index (Phi) is 10.6. The number of H-pyrrole nitrogens is 1. The lowest BCUT2D eigenvalue weighted by Crippen LogP contribution is -2.33. The van der Waals surface area contributed by atoms with E-state index in [1.807, 2.05) is 0 Å². The van der Waals surface area contributed by atoms with Gasteiger partial charge in [0, 0.05) is 0 Å². The number of ether oxygens (including phenoxy) is 2. The fourth-order valence-electron chi connectivity index (χ4n) is 5.13. The van der Waals surface area contributed by atoms with Crippen LogP contribution in [0.15, 0.2) is 23.8 Å². The number of hydrogen-bond acceptors (Lipinski definition) is 21. The summed E-state index contributed by atoms with van der Waals surface area (Å²) >= 11 is 0. The van der Waals surface area contributed by atoms with Gasteiger partial charge < -0.3 is 50.7 Å². The van der Waals surface area contributed by atoms with Crippen molar-refractivity contribution in [2.75, 3.05) is 24.7 Å². The van der Waals surface area contributed by atoms with E-state index in [0.717, 1.165) is 12.7 Å². The molecule has 0 aliphatic carbocycles. The monoisotopic (exact) mass is 820 g/mol. The van der Waals surface area contributed by atoms with E-state index in [1.165, 1.54) is 15.5 Å². The van der Waals surface area contributed by atoms with E-state index in [1.54, 1.807) is 0 Å². The van der Waals surface area contributed by atoms with Crippen molar-refractivity contribution in [2.45, 2.75) is 49.7 Å². The molecule has 28 nitrogen and oxygen atoms in total. The molecule has 4 aromatic heterocycles. The molecule has 4 unspecified atom stereocenters. The predicted octanol–water partition coefficient (Wildman–Crippen LogP) is -1.09. The number of aromatic nitrogens is 8. The summed E-state index contributed by atoms with van der Waals surface area (Å²) < 4.78 is 84.1. The van der Waals surface area contributed by atoms with Gasteiger partial charge in [0.2, 0.25) is 5.95 Å². The third-order valence-electron chi connectivity index (χ3n) is 7.29. The summed E-state index contributed by atoms with van der Waals surface area (Å²) in [4.78, 5) is 73.6. The number of nitrogens with zero attached hydrogens (tertiary/aromatic N) is 7. The van der Waals surface area contributed by atoms with Crippen molar-refractivity contribution in [3.63, 3.8) is 0 Å². The maximum atomic E-state index is 12.4. The Morgan fingerprint density at radius 2 is 1.40 bits per heavy atom. The molecular formula is C20H28N10O18P4. The van der Waals surface area contributed by atoms with E-state index in [4.69, 9.17) is 20.9 Å². The minimum atomic E-state index is -6.13. The average Bonchev–Trinajstić information content (AvgIpc) is 3.80. The van der Waals surface area contributed by atoms with Crippen molar-refractivity contribution in [3.8, 4) is 0 Å². The summed E-state index contributed by atoms with van der Waals surface area (Å²) in [5.74, 6) is -0.188. The van der Waals surface area contributed by atoms with Crippen LogP contribution in [0.5, 0.6) is 0 Å². The smallest absolute Gasteiger partial charge is 0.387 e. The van der Waals surface area contributed by atoms with Crippen LogP contribution in [-0.2, 0) is 49.7 Å². The summed E-state index contributed by atoms with van der Waals surface area (Å²) in [6.07, 6.45) is -4.18. The van der Waals surface area contributed by atoms with Gasteiger partial charge >= 0.3 is 31.3 Å². The van der Waals surface area contributed by atoms with E-state index < -0.39 is 86.9 Å². The molecule has 2 fully saturated rings. The Balaban J connectivity index is 0.992. The van der Waals surface area contributed by atoms with Crippen molar-refractivity contribution >= 4 is 65.4 Å². The van der Waals surface area contributed by atoms with Gasteiger partial charge in [0.05, 0.1) is 32.0 Å². The van der Waals surface area contributed by atoms with Gasteiger partial charge in [0.15, 0.2) is 28.9 Å². The number of fused-ring (bicyclic) bond motifs is 2. The van der Waals surface area contributed by atoms with Gasteiger partial charge in [0.25, 0.3) is 5.56 Å². The van der Waals surface area contributed by atoms with Crippen LogP contribution in [0.1, 0.15) is 25.3 Å².